The molecule has 1 N–H and O–H groups in total. The number of hydrogen-bond acceptors (Lipinski definition) is 8. The number of rotatable bonds is 4. The number of H-pyrrole nitrogens is 1. The summed E-state index contributed by atoms with van der Waals surface area (Å²) in [6.07, 6.45) is 4.59. The summed E-state index contributed by atoms with van der Waals surface area (Å²) in [6.45, 7) is 5.91. The first kappa shape index (κ1) is 21.5. The van der Waals surface area contributed by atoms with Crippen LogP contribution in [0.1, 0.15) is 12.6 Å². The van der Waals surface area contributed by atoms with Crippen LogP contribution in [0.3, 0.4) is 0 Å². The molecule has 1 aliphatic rings. The SMILES string of the molecule is Cc1nc(S(C)(=O)=O)ccc1-c1cc(N2CCOCC2C)nc2c(-c3ccn[nH]3)nccc12. The van der Waals surface area contributed by atoms with Crippen molar-refractivity contribution < 1.29 is 13.2 Å². The zero-order valence-corrected chi connectivity index (χ0v) is 19.4. The molecule has 5 rings (SSSR count). The van der Waals surface area contributed by atoms with Crippen LogP contribution < -0.4 is 4.90 Å². The highest BCUT2D eigenvalue weighted by molar-refractivity contribution is 7.90. The third kappa shape index (κ3) is 3.96. The summed E-state index contributed by atoms with van der Waals surface area (Å²) in [5, 5.41) is 8.01. The van der Waals surface area contributed by atoms with Crippen LogP contribution in [0.5, 0.6) is 0 Å². The Morgan fingerprint density at radius 1 is 1.12 bits per heavy atom. The molecule has 4 aromatic rings. The van der Waals surface area contributed by atoms with Crippen molar-refractivity contribution in [2.45, 2.75) is 24.9 Å². The number of aryl methyl sites for hydroxylation is 1. The predicted molar refractivity (Wildman–Crippen MR) is 126 cm³/mol. The molecule has 9 nitrogen and oxygen atoms in total. The zero-order valence-electron chi connectivity index (χ0n) is 18.6. The molecule has 0 radical (unpaired) electrons. The van der Waals surface area contributed by atoms with Gasteiger partial charge >= 0.3 is 0 Å². The first-order valence-corrected chi connectivity index (χ1v) is 12.5. The van der Waals surface area contributed by atoms with E-state index in [1.54, 1.807) is 18.5 Å². The van der Waals surface area contributed by atoms with Crippen molar-refractivity contribution in [3.05, 3.63) is 48.4 Å². The Hall–Kier alpha value is -3.37. The van der Waals surface area contributed by atoms with Crippen LogP contribution in [-0.2, 0) is 14.6 Å². The molecule has 1 unspecified atom stereocenters. The van der Waals surface area contributed by atoms with Crippen LogP contribution in [0.15, 0.2) is 47.8 Å². The molecular formula is C23H24N6O3S. The molecule has 4 aromatic heterocycles. The zero-order chi connectivity index (χ0) is 23.2. The van der Waals surface area contributed by atoms with Gasteiger partial charge in [-0.2, -0.15) is 5.10 Å². The Labute approximate surface area is 191 Å². The quantitative estimate of drug-likeness (QED) is 0.490. The molecule has 0 aliphatic carbocycles. The maximum absolute atomic E-state index is 12.0. The van der Waals surface area contributed by atoms with Gasteiger partial charge in [-0.1, -0.05) is 0 Å². The average molecular weight is 465 g/mol. The van der Waals surface area contributed by atoms with E-state index in [0.29, 0.717) is 24.6 Å². The molecule has 1 fully saturated rings. The summed E-state index contributed by atoms with van der Waals surface area (Å²) in [5.41, 5.74) is 4.60. The van der Waals surface area contributed by atoms with E-state index >= 15 is 0 Å². The van der Waals surface area contributed by atoms with Crippen molar-refractivity contribution >= 4 is 26.6 Å². The van der Waals surface area contributed by atoms with Crippen molar-refractivity contribution in [1.82, 2.24) is 25.1 Å². The maximum atomic E-state index is 12.0. The minimum atomic E-state index is -3.40. The van der Waals surface area contributed by atoms with E-state index < -0.39 is 9.84 Å². The fraction of sp³-hybridized carbons (Fsp3) is 0.304. The van der Waals surface area contributed by atoms with E-state index in [1.165, 1.54) is 0 Å². The summed E-state index contributed by atoms with van der Waals surface area (Å²) < 4.78 is 29.6. The van der Waals surface area contributed by atoms with Crippen molar-refractivity contribution in [1.29, 1.82) is 0 Å². The number of aromatic amines is 1. The number of aromatic nitrogens is 5. The number of nitrogens with one attached hydrogen (secondary N) is 1. The monoisotopic (exact) mass is 464 g/mol. The molecule has 1 saturated heterocycles. The summed E-state index contributed by atoms with van der Waals surface area (Å²) >= 11 is 0. The molecule has 5 heterocycles. The van der Waals surface area contributed by atoms with E-state index in [2.05, 4.69) is 32.0 Å². The normalized spacial score (nSPS) is 16.9. The van der Waals surface area contributed by atoms with Gasteiger partial charge in [-0.25, -0.2) is 18.4 Å². The largest absolute Gasteiger partial charge is 0.377 e. The van der Waals surface area contributed by atoms with E-state index in [1.807, 2.05) is 31.2 Å². The molecule has 10 heteroatoms. The summed E-state index contributed by atoms with van der Waals surface area (Å²) in [7, 11) is -3.40. The van der Waals surface area contributed by atoms with Crippen LogP contribution in [0.2, 0.25) is 0 Å². The Bertz CT molecular complexity index is 1440. The summed E-state index contributed by atoms with van der Waals surface area (Å²) in [5.74, 6) is 0.814. The number of morpholine rings is 1. The number of ether oxygens (including phenoxy) is 1. The van der Waals surface area contributed by atoms with Crippen LogP contribution in [-0.4, -0.2) is 65.6 Å². The molecule has 0 spiro atoms. The van der Waals surface area contributed by atoms with Gasteiger partial charge in [0.1, 0.15) is 17.0 Å². The molecule has 1 atom stereocenters. The number of nitrogens with zero attached hydrogens (tertiary/aromatic N) is 5. The van der Waals surface area contributed by atoms with Crippen LogP contribution >= 0.6 is 0 Å². The van der Waals surface area contributed by atoms with Gasteiger partial charge < -0.3 is 9.64 Å². The van der Waals surface area contributed by atoms with Crippen molar-refractivity contribution in [2.24, 2.45) is 0 Å². The predicted octanol–water partition coefficient (Wildman–Crippen LogP) is 3.02. The van der Waals surface area contributed by atoms with Gasteiger partial charge in [0.25, 0.3) is 0 Å². The smallest absolute Gasteiger partial charge is 0.192 e. The maximum Gasteiger partial charge on any atom is 0.192 e. The highest BCUT2D eigenvalue weighted by atomic mass is 32.2. The van der Waals surface area contributed by atoms with Gasteiger partial charge in [-0.05, 0) is 49.7 Å². The Balaban J connectivity index is 1.78. The van der Waals surface area contributed by atoms with Crippen molar-refractivity contribution in [3.63, 3.8) is 0 Å². The van der Waals surface area contributed by atoms with E-state index in [9.17, 15) is 8.42 Å². The first-order valence-electron chi connectivity index (χ1n) is 10.6. The van der Waals surface area contributed by atoms with Gasteiger partial charge in [-0.15, -0.1) is 0 Å². The van der Waals surface area contributed by atoms with E-state index in [-0.39, 0.29) is 11.1 Å². The molecule has 170 valence electrons. The number of pyridine rings is 3. The second-order valence-electron chi connectivity index (χ2n) is 8.23. The van der Waals surface area contributed by atoms with Gasteiger partial charge in [0, 0.05) is 41.8 Å². The van der Waals surface area contributed by atoms with Crippen molar-refractivity contribution in [2.75, 3.05) is 30.9 Å². The number of fused-ring (bicyclic) bond motifs is 1. The number of hydrogen-bond donors (Lipinski definition) is 1. The fourth-order valence-electron chi connectivity index (χ4n) is 4.19. The molecule has 0 amide bonds. The van der Waals surface area contributed by atoms with Gasteiger partial charge in [0.15, 0.2) is 14.9 Å². The molecule has 0 aromatic carbocycles. The Morgan fingerprint density at radius 2 is 1.97 bits per heavy atom. The lowest BCUT2D eigenvalue weighted by Crippen LogP contribution is -2.44. The lowest BCUT2D eigenvalue weighted by molar-refractivity contribution is 0.0986. The summed E-state index contributed by atoms with van der Waals surface area (Å²) in [6, 6.07) is 9.37. The molecule has 33 heavy (non-hydrogen) atoms. The minimum absolute atomic E-state index is 0.0592. The van der Waals surface area contributed by atoms with Gasteiger partial charge in [0.05, 0.1) is 24.9 Å². The van der Waals surface area contributed by atoms with Crippen LogP contribution in [0, 0.1) is 6.92 Å². The first-order chi connectivity index (χ1) is 15.8. The lowest BCUT2D eigenvalue weighted by atomic mass is 9.99. The highest BCUT2D eigenvalue weighted by Crippen LogP contribution is 2.36. The second-order valence-corrected chi connectivity index (χ2v) is 10.2. The summed E-state index contributed by atoms with van der Waals surface area (Å²) in [4.78, 5) is 16.2. The molecular weight excluding hydrogens is 440 g/mol. The van der Waals surface area contributed by atoms with Crippen LogP contribution in [0.4, 0.5) is 5.82 Å². The second kappa shape index (κ2) is 8.20. The number of anilines is 1. The molecule has 1 aliphatic heterocycles. The van der Waals surface area contributed by atoms with Crippen LogP contribution in [0.25, 0.3) is 33.4 Å². The van der Waals surface area contributed by atoms with Gasteiger partial charge in [-0.3, -0.25) is 10.1 Å². The standard InChI is InChI=1S/C23H24N6O3S/c1-14-13-32-11-10-29(14)20-12-18(16-4-5-21(26-15(16)2)33(3,30)31)17-6-8-24-23(22(17)27-20)19-7-9-25-28-19/h4-9,12,14H,10-11,13H2,1-3H3,(H,25,28). The molecule has 0 bridgehead atoms. The highest BCUT2D eigenvalue weighted by Gasteiger charge is 2.24. The van der Waals surface area contributed by atoms with E-state index in [0.717, 1.165) is 46.3 Å². The lowest BCUT2D eigenvalue weighted by Gasteiger charge is -2.34. The van der Waals surface area contributed by atoms with Gasteiger partial charge in [0.2, 0.25) is 0 Å². The fourth-order valence-corrected chi connectivity index (χ4v) is 4.81. The average Bonchev–Trinajstić information content (AvgIpc) is 3.32. The number of sulfone groups is 1. The van der Waals surface area contributed by atoms with E-state index in [4.69, 9.17) is 9.72 Å². The minimum Gasteiger partial charge on any atom is -0.377 e. The third-order valence-electron chi connectivity index (χ3n) is 5.86. The van der Waals surface area contributed by atoms with Crippen molar-refractivity contribution in [3.8, 4) is 22.5 Å². The Kier molecular flexibility index (Phi) is 5.34. The topological polar surface area (TPSA) is 114 Å². The Morgan fingerprint density at radius 3 is 2.67 bits per heavy atom. The third-order valence-corrected chi connectivity index (χ3v) is 6.85. The molecule has 0 saturated carbocycles.